The fraction of sp³-hybridized carbons (Fsp3) is 0.360. The summed E-state index contributed by atoms with van der Waals surface area (Å²) in [5.74, 6) is 8.31. The van der Waals surface area contributed by atoms with Gasteiger partial charge in [-0.25, -0.2) is 4.98 Å². The molecule has 1 atom stereocenters. The number of aromatic amines is 1. The van der Waals surface area contributed by atoms with Crippen LogP contribution in [-0.2, 0) is 4.74 Å². The number of pyridine rings is 1. The molecule has 0 bridgehead atoms. The number of H-pyrrole nitrogens is 1. The maximum absolute atomic E-state index is 6.14. The van der Waals surface area contributed by atoms with Gasteiger partial charge in [-0.15, -0.1) is 10.2 Å². The second kappa shape index (κ2) is 8.80. The number of nitrogens with zero attached hydrogens (tertiary/aromatic N) is 5. The molecule has 4 heterocycles. The lowest BCUT2D eigenvalue weighted by molar-refractivity contribution is -0.0308. The molecular weight excluding hydrogens is 428 g/mol. The molecule has 0 aliphatic carbocycles. The minimum absolute atomic E-state index is 0.0649. The van der Waals surface area contributed by atoms with Crippen LogP contribution in [0.4, 0.5) is 17.6 Å². The molecule has 34 heavy (non-hydrogen) atoms. The Morgan fingerprint density at radius 2 is 2.09 bits per heavy atom. The zero-order valence-corrected chi connectivity index (χ0v) is 19.6. The molecule has 174 valence electrons. The summed E-state index contributed by atoms with van der Waals surface area (Å²) in [5, 5.41) is 19.6. The van der Waals surface area contributed by atoms with E-state index in [-0.39, 0.29) is 11.6 Å². The Balaban J connectivity index is 1.49. The van der Waals surface area contributed by atoms with Gasteiger partial charge in [-0.3, -0.25) is 9.67 Å². The summed E-state index contributed by atoms with van der Waals surface area (Å²) in [5.41, 5.74) is 9.65. The van der Waals surface area contributed by atoms with Gasteiger partial charge in [0.25, 0.3) is 0 Å². The van der Waals surface area contributed by atoms with E-state index >= 15 is 0 Å². The third-order valence-corrected chi connectivity index (χ3v) is 5.65. The number of aromatic nitrogens is 6. The molecule has 4 N–H and O–H groups in total. The van der Waals surface area contributed by atoms with Crippen molar-refractivity contribution in [1.29, 1.82) is 0 Å². The van der Waals surface area contributed by atoms with Gasteiger partial charge in [0.1, 0.15) is 18.4 Å². The first kappa shape index (κ1) is 21.9. The van der Waals surface area contributed by atoms with Crippen molar-refractivity contribution < 1.29 is 4.74 Å². The summed E-state index contributed by atoms with van der Waals surface area (Å²) < 4.78 is 7.81. The van der Waals surface area contributed by atoms with E-state index in [9.17, 15) is 0 Å². The number of fused-ring (bicyclic) bond motifs is 1. The first-order chi connectivity index (χ1) is 16.4. The Morgan fingerprint density at radius 3 is 2.88 bits per heavy atom. The van der Waals surface area contributed by atoms with E-state index in [0.717, 1.165) is 53.5 Å². The number of rotatable bonds is 4. The van der Waals surface area contributed by atoms with E-state index in [1.165, 1.54) is 0 Å². The molecule has 0 saturated carbocycles. The third-order valence-electron chi connectivity index (χ3n) is 5.65. The Kier molecular flexibility index (Phi) is 5.67. The Hall–Kier alpha value is -3.90. The average molecular weight is 457 g/mol. The maximum Gasteiger partial charge on any atom is 0.232 e. The molecule has 0 amide bonds. The molecule has 5 rings (SSSR count). The lowest BCUT2D eigenvalue weighted by Crippen LogP contribution is -2.19. The lowest BCUT2D eigenvalue weighted by Gasteiger charge is -2.24. The molecule has 0 radical (unpaired) electrons. The number of nitrogens with two attached hydrogens (primary N) is 1. The third kappa shape index (κ3) is 4.58. The molecule has 4 aromatic rings. The highest BCUT2D eigenvalue weighted by molar-refractivity contribution is 5.96. The number of hydrogen-bond acceptors (Lipinski definition) is 7. The Bertz CT molecular complexity index is 1380. The number of hydrogen-bond donors (Lipinski definition) is 3. The smallest absolute Gasteiger partial charge is 0.232 e. The standard InChI is InChI=1S/C25H28N8O/c1-25(2,3)9-7-17-12-18(13-19-22(17)30-31-23(19)26)16-8-10-27-20(14-16)29-24-32-28-15-33(24)21-6-4-5-11-34-21/h8,10,12-15,21H,4-6,11H2,1-3H3,(H3,26,30,31)(H,27,29,32). The molecule has 1 saturated heterocycles. The molecule has 0 spiro atoms. The Morgan fingerprint density at radius 1 is 1.21 bits per heavy atom. The molecule has 1 fully saturated rings. The second-order valence-corrected chi connectivity index (χ2v) is 9.49. The van der Waals surface area contributed by atoms with E-state index in [4.69, 9.17) is 10.5 Å². The summed E-state index contributed by atoms with van der Waals surface area (Å²) in [6, 6.07) is 8.00. The van der Waals surface area contributed by atoms with Gasteiger partial charge in [0, 0.05) is 23.6 Å². The monoisotopic (exact) mass is 456 g/mol. The second-order valence-electron chi connectivity index (χ2n) is 9.49. The van der Waals surface area contributed by atoms with Crippen LogP contribution < -0.4 is 11.1 Å². The van der Waals surface area contributed by atoms with Crippen molar-refractivity contribution in [2.75, 3.05) is 17.7 Å². The number of benzene rings is 1. The molecule has 1 aliphatic heterocycles. The normalized spacial score (nSPS) is 16.3. The van der Waals surface area contributed by atoms with Gasteiger partial charge in [-0.2, -0.15) is 5.10 Å². The topological polar surface area (TPSA) is 120 Å². The fourth-order valence-electron chi connectivity index (χ4n) is 3.94. The molecule has 9 nitrogen and oxygen atoms in total. The first-order valence-corrected chi connectivity index (χ1v) is 11.4. The SMILES string of the molecule is CC(C)(C)C#Cc1cc(-c2ccnc(Nc3nncn3C3CCCCO3)c2)cc2c(N)n[nH]c12. The number of nitrogens with one attached hydrogen (secondary N) is 2. The van der Waals surface area contributed by atoms with Crippen LogP contribution in [0.3, 0.4) is 0 Å². The van der Waals surface area contributed by atoms with Crippen molar-refractivity contribution in [3.8, 4) is 23.0 Å². The van der Waals surface area contributed by atoms with E-state index in [0.29, 0.717) is 17.6 Å². The summed E-state index contributed by atoms with van der Waals surface area (Å²) >= 11 is 0. The number of nitrogen functional groups attached to an aromatic ring is 1. The zero-order valence-electron chi connectivity index (χ0n) is 19.6. The minimum Gasteiger partial charge on any atom is -0.382 e. The summed E-state index contributed by atoms with van der Waals surface area (Å²) in [6.45, 7) is 7.00. The van der Waals surface area contributed by atoms with Gasteiger partial charge >= 0.3 is 0 Å². The average Bonchev–Trinajstić information content (AvgIpc) is 3.44. The van der Waals surface area contributed by atoms with Gasteiger partial charge in [0.2, 0.25) is 5.95 Å². The van der Waals surface area contributed by atoms with E-state index in [1.54, 1.807) is 12.5 Å². The van der Waals surface area contributed by atoms with Crippen LogP contribution >= 0.6 is 0 Å². The predicted octanol–water partition coefficient (Wildman–Crippen LogP) is 4.64. The summed E-state index contributed by atoms with van der Waals surface area (Å²) in [4.78, 5) is 4.48. The van der Waals surface area contributed by atoms with E-state index in [1.807, 2.05) is 22.8 Å². The van der Waals surface area contributed by atoms with Crippen LogP contribution in [0.5, 0.6) is 0 Å². The fourth-order valence-corrected chi connectivity index (χ4v) is 3.94. The zero-order chi connectivity index (χ0) is 23.7. The van der Waals surface area contributed by atoms with Crippen LogP contribution in [-0.4, -0.2) is 36.6 Å². The minimum atomic E-state index is -0.125. The van der Waals surface area contributed by atoms with Gasteiger partial charge in [-0.1, -0.05) is 11.8 Å². The van der Waals surface area contributed by atoms with E-state index < -0.39 is 0 Å². The predicted molar refractivity (Wildman–Crippen MR) is 132 cm³/mol. The number of anilines is 3. The van der Waals surface area contributed by atoms with Crippen molar-refractivity contribution in [1.82, 2.24) is 29.9 Å². The van der Waals surface area contributed by atoms with Crippen LogP contribution in [0.25, 0.3) is 22.0 Å². The summed E-state index contributed by atoms with van der Waals surface area (Å²) in [7, 11) is 0. The van der Waals surface area contributed by atoms with Crippen LogP contribution in [0, 0.1) is 17.3 Å². The molecule has 1 aliphatic rings. The van der Waals surface area contributed by atoms with Crippen molar-refractivity contribution in [2.45, 2.75) is 46.3 Å². The molecular formula is C25H28N8O. The summed E-state index contributed by atoms with van der Waals surface area (Å²) in [6.07, 6.45) is 6.53. The highest BCUT2D eigenvalue weighted by atomic mass is 16.5. The van der Waals surface area contributed by atoms with E-state index in [2.05, 4.69) is 69.4 Å². The van der Waals surface area contributed by atoms with Crippen molar-refractivity contribution >= 4 is 28.5 Å². The lowest BCUT2D eigenvalue weighted by atomic mass is 9.96. The van der Waals surface area contributed by atoms with Gasteiger partial charge < -0.3 is 15.8 Å². The first-order valence-electron chi connectivity index (χ1n) is 11.4. The van der Waals surface area contributed by atoms with Gasteiger partial charge in [0.05, 0.1) is 11.1 Å². The largest absolute Gasteiger partial charge is 0.382 e. The highest BCUT2D eigenvalue weighted by Crippen LogP contribution is 2.31. The van der Waals surface area contributed by atoms with Gasteiger partial charge in [-0.05, 0) is 75.4 Å². The molecule has 9 heteroatoms. The van der Waals surface area contributed by atoms with Gasteiger partial charge in [0.15, 0.2) is 5.82 Å². The number of ether oxygens (including phenoxy) is 1. The quantitative estimate of drug-likeness (QED) is 0.383. The van der Waals surface area contributed by atoms with Crippen LogP contribution in [0.1, 0.15) is 51.8 Å². The van der Waals surface area contributed by atoms with Crippen molar-refractivity contribution in [3.05, 3.63) is 42.4 Å². The van der Waals surface area contributed by atoms with Crippen LogP contribution in [0.15, 0.2) is 36.8 Å². The highest BCUT2D eigenvalue weighted by Gasteiger charge is 2.19. The van der Waals surface area contributed by atoms with Crippen molar-refractivity contribution in [3.63, 3.8) is 0 Å². The van der Waals surface area contributed by atoms with Crippen LogP contribution in [0.2, 0.25) is 0 Å². The van der Waals surface area contributed by atoms with Crippen molar-refractivity contribution in [2.24, 2.45) is 5.41 Å². The Labute approximate surface area is 198 Å². The molecule has 1 aromatic carbocycles. The maximum atomic E-state index is 6.14. The molecule has 3 aromatic heterocycles. The molecule has 1 unspecified atom stereocenters.